The van der Waals surface area contributed by atoms with Gasteiger partial charge in [0.15, 0.2) is 5.65 Å². The topological polar surface area (TPSA) is 114 Å². The van der Waals surface area contributed by atoms with Crippen LogP contribution in [-0.4, -0.2) is 44.3 Å². The number of aromatic nitrogens is 4. The van der Waals surface area contributed by atoms with Crippen LogP contribution in [0.1, 0.15) is 57.4 Å². The fourth-order valence-corrected chi connectivity index (χ4v) is 5.18. The molecule has 1 aromatic carbocycles. The van der Waals surface area contributed by atoms with Crippen molar-refractivity contribution in [1.82, 2.24) is 24.8 Å². The van der Waals surface area contributed by atoms with E-state index in [1.165, 1.54) is 12.1 Å². The Bertz CT molecular complexity index is 1280. The van der Waals surface area contributed by atoms with Crippen molar-refractivity contribution >= 4 is 40.4 Å². The first-order valence-corrected chi connectivity index (χ1v) is 12.4. The van der Waals surface area contributed by atoms with Crippen molar-refractivity contribution in [2.45, 2.75) is 63.5 Å². The molecule has 0 unspecified atom stereocenters. The number of amides is 1. The molecule has 0 radical (unpaired) electrons. The summed E-state index contributed by atoms with van der Waals surface area (Å²) in [4.78, 5) is 37.6. The number of rotatable bonds is 6. The zero-order valence-corrected chi connectivity index (χ0v) is 20.1. The van der Waals surface area contributed by atoms with Gasteiger partial charge in [0, 0.05) is 44.0 Å². The predicted molar refractivity (Wildman–Crippen MR) is 131 cm³/mol. The third-order valence-electron chi connectivity index (χ3n) is 7.17. The smallest absolute Gasteiger partial charge is 0.224 e. The first-order chi connectivity index (χ1) is 17.4. The largest absolute Gasteiger partial charge is 0.359 e. The molecule has 190 valence electrons. The monoisotopic (exact) mass is 497 g/mol. The van der Waals surface area contributed by atoms with Crippen LogP contribution in [0.5, 0.6) is 0 Å². The van der Waals surface area contributed by atoms with Gasteiger partial charge in [-0.25, -0.2) is 18.7 Å². The summed E-state index contributed by atoms with van der Waals surface area (Å²) in [5.74, 6) is -0.229. The maximum Gasteiger partial charge on any atom is 0.224 e. The van der Waals surface area contributed by atoms with Crippen LogP contribution in [0.15, 0.2) is 24.4 Å². The van der Waals surface area contributed by atoms with Gasteiger partial charge in [-0.3, -0.25) is 14.2 Å². The second-order valence-corrected chi connectivity index (χ2v) is 9.53. The average Bonchev–Trinajstić information content (AvgIpc) is 3.23. The number of hydrogen-bond donors (Lipinski definition) is 3. The van der Waals surface area contributed by atoms with Crippen LogP contribution in [0.4, 0.5) is 26.4 Å². The Labute approximate surface area is 207 Å². The minimum atomic E-state index is -0.728. The maximum absolute atomic E-state index is 14.4. The number of Topliss-reactive ketones (excluding diaryl/α,β-unsaturated/α-hetero) is 1. The normalized spacial score (nSPS) is 20.9. The molecule has 0 spiro atoms. The second-order valence-electron chi connectivity index (χ2n) is 9.53. The molecule has 36 heavy (non-hydrogen) atoms. The van der Waals surface area contributed by atoms with Crippen LogP contribution in [0.2, 0.25) is 0 Å². The standard InChI is InChI=1S/C25H29F2N7O2/c1-28-23(36)14-2-5-16(6-3-14)30-24-29-13-21-22(33-24)34(17-7-9-18(35)10-8-17)25(32-21)31-20-11-4-15(26)12-19(20)27/h4,11-14,16-17H,2-3,5-10H2,1H3,(H,28,36)(H,31,32)(H,29,30,33). The quantitative estimate of drug-likeness (QED) is 0.467. The van der Waals surface area contributed by atoms with E-state index in [1.807, 2.05) is 4.57 Å². The molecule has 0 aliphatic heterocycles. The van der Waals surface area contributed by atoms with Gasteiger partial charge in [-0.15, -0.1) is 0 Å². The Hall–Kier alpha value is -3.63. The molecule has 11 heteroatoms. The summed E-state index contributed by atoms with van der Waals surface area (Å²) in [6, 6.07) is 3.42. The van der Waals surface area contributed by atoms with E-state index >= 15 is 0 Å². The van der Waals surface area contributed by atoms with Gasteiger partial charge < -0.3 is 16.0 Å². The van der Waals surface area contributed by atoms with Gasteiger partial charge in [0.2, 0.25) is 17.8 Å². The number of halogens is 2. The average molecular weight is 498 g/mol. The number of nitrogens with zero attached hydrogens (tertiary/aromatic N) is 4. The molecule has 3 aromatic rings. The summed E-state index contributed by atoms with van der Waals surface area (Å²) >= 11 is 0. The maximum atomic E-state index is 14.4. The van der Waals surface area contributed by atoms with Crippen molar-refractivity contribution in [3.63, 3.8) is 0 Å². The van der Waals surface area contributed by atoms with E-state index in [2.05, 4.69) is 25.9 Å². The van der Waals surface area contributed by atoms with Gasteiger partial charge in [-0.1, -0.05) is 0 Å². The lowest BCUT2D eigenvalue weighted by Gasteiger charge is -2.28. The lowest BCUT2D eigenvalue weighted by molar-refractivity contribution is -0.125. The van der Waals surface area contributed by atoms with Gasteiger partial charge in [-0.2, -0.15) is 4.98 Å². The molecule has 5 rings (SSSR count). The highest BCUT2D eigenvalue weighted by molar-refractivity contribution is 5.80. The number of carbonyl (C=O) groups excluding carboxylic acids is 2. The SMILES string of the molecule is CNC(=O)C1CCC(Nc2ncc3nc(Nc4ccc(F)cc4F)n(C4CCC(=O)CC4)c3n2)CC1. The molecule has 2 heterocycles. The van der Waals surface area contributed by atoms with Crippen LogP contribution >= 0.6 is 0 Å². The minimum Gasteiger partial charge on any atom is -0.359 e. The van der Waals surface area contributed by atoms with Crippen molar-refractivity contribution in [2.75, 3.05) is 17.7 Å². The fraction of sp³-hybridized carbons (Fsp3) is 0.480. The minimum absolute atomic E-state index is 0.0346. The van der Waals surface area contributed by atoms with Gasteiger partial charge in [0.25, 0.3) is 0 Å². The van der Waals surface area contributed by atoms with Crippen molar-refractivity contribution in [3.05, 3.63) is 36.0 Å². The predicted octanol–water partition coefficient (Wildman–Crippen LogP) is 4.25. The molecule has 2 fully saturated rings. The third kappa shape index (κ3) is 5.00. The molecule has 2 aliphatic carbocycles. The first-order valence-electron chi connectivity index (χ1n) is 12.4. The molecule has 0 bridgehead atoms. The van der Waals surface area contributed by atoms with Crippen molar-refractivity contribution < 1.29 is 18.4 Å². The lowest BCUT2D eigenvalue weighted by Crippen LogP contribution is -2.34. The van der Waals surface area contributed by atoms with Crippen LogP contribution in [0.25, 0.3) is 11.2 Å². The van der Waals surface area contributed by atoms with Gasteiger partial charge >= 0.3 is 0 Å². The molecule has 0 atom stereocenters. The van der Waals surface area contributed by atoms with E-state index in [9.17, 15) is 18.4 Å². The number of fused-ring (bicyclic) bond motifs is 1. The summed E-state index contributed by atoms with van der Waals surface area (Å²) in [5, 5.41) is 9.10. The molecule has 2 aromatic heterocycles. The molecule has 0 saturated heterocycles. The van der Waals surface area contributed by atoms with E-state index in [-0.39, 0.29) is 35.4 Å². The summed E-state index contributed by atoms with van der Waals surface area (Å²) in [6.07, 6.45) is 7.05. The van der Waals surface area contributed by atoms with E-state index in [4.69, 9.17) is 4.98 Å². The van der Waals surface area contributed by atoms with Crippen molar-refractivity contribution in [3.8, 4) is 0 Å². The highest BCUT2D eigenvalue weighted by Gasteiger charge is 2.28. The number of imidazole rings is 1. The van der Waals surface area contributed by atoms with Crippen molar-refractivity contribution in [1.29, 1.82) is 0 Å². The van der Waals surface area contributed by atoms with E-state index < -0.39 is 11.6 Å². The Balaban J connectivity index is 1.43. The van der Waals surface area contributed by atoms with Crippen molar-refractivity contribution in [2.24, 2.45) is 5.92 Å². The molecular formula is C25H29F2N7O2. The van der Waals surface area contributed by atoms with E-state index in [0.717, 1.165) is 31.7 Å². The fourth-order valence-electron chi connectivity index (χ4n) is 5.18. The zero-order valence-electron chi connectivity index (χ0n) is 20.1. The number of anilines is 3. The zero-order chi connectivity index (χ0) is 25.2. The number of hydrogen-bond acceptors (Lipinski definition) is 7. The van der Waals surface area contributed by atoms with Gasteiger partial charge in [0.1, 0.15) is 22.9 Å². The molecule has 3 N–H and O–H groups in total. The van der Waals surface area contributed by atoms with Crippen LogP contribution in [-0.2, 0) is 9.59 Å². The Kier molecular flexibility index (Phi) is 6.80. The number of benzene rings is 1. The van der Waals surface area contributed by atoms with Crippen LogP contribution in [0, 0.1) is 17.6 Å². The summed E-state index contributed by atoms with van der Waals surface area (Å²) in [6.45, 7) is 0. The summed E-state index contributed by atoms with van der Waals surface area (Å²) in [5.41, 5.74) is 1.21. The van der Waals surface area contributed by atoms with E-state index in [0.29, 0.717) is 48.7 Å². The third-order valence-corrected chi connectivity index (χ3v) is 7.17. The molecular weight excluding hydrogens is 468 g/mol. The summed E-state index contributed by atoms with van der Waals surface area (Å²) < 4.78 is 29.7. The Morgan fingerprint density at radius 2 is 1.81 bits per heavy atom. The van der Waals surface area contributed by atoms with Crippen LogP contribution < -0.4 is 16.0 Å². The summed E-state index contributed by atoms with van der Waals surface area (Å²) in [7, 11) is 1.66. The van der Waals surface area contributed by atoms with Gasteiger partial charge in [0.05, 0.1) is 11.9 Å². The van der Waals surface area contributed by atoms with Crippen LogP contribution in [0.3, 0.4) is 0 Å². The molecule has 2 saturated carbocycles. The van der Waals surface area contributed by atoms with E-state index in [1.54, 1.807) is 13.2 Å². The van der Waals surface area contributed by atoms with Gasteiger partial charge in [-0.05, 0) is 50.7 Å². The Morgan fingerprint density at radius 3 is 2.50 bits per heavy atom. The highest BCUT2D eigenvalue weighted by Crippen LogP contribution is 2.34. The number of ketones is 1. The second kappa shape index (κ2) is 10.2. The molecule has 1 amide bonds. The first kappa shape index (κ1) is 24.1. The number of nitrogens with one attached hydrogen (secondary N) is 3. The molecule has 2 aliphatic rings. The Morgan fingerprint density at radius 1 is 1.06 bits per heavy atom. The molecule has 9 nitrogen and oxygen atoms in total. The highest BCUT2D eigenvalue weighted by atomic mass is 19.1. The lowest BCUT2D eigenvalue weighted by atomic mass is 9.85. The number of carbonyl (C=O) groups is 2.